The molecule has 0 aromatic carbocycles. The number of aliphatic carboxylic acids is 1. The van der Waals surface area contributed by atoms with Crippen LogP contribution in [0.1, 0.15) is 0 Å². The second kappa shape index (κ2) is 3.04. The van der Waals surface area contributed by atoms with E-state index in [4.69, 9.17) is 5.11 Å². The maximum absolute atomic E-state index is 12.0. The molecule has 1 atom stereocenters. The molecule has 0 aliphatic carbocycles. The molecule has 0 heterocycles. The Labute approximate surface area is 58.8 Å². The highest BCUT2D eigenvalue weighted by molar-refractivity contribution is 5.76. The van der Waals surface area contributed by atoms with Gasteiger partial charge in [-0.3, -0.25) is 0 Å². The molecule has 3 N–H and O–H groups in total. The van der Waals surface area contributed by atoms with Crippen molar-refractivity contribution in [1.29, 1.82) is 0 Å². The van der Waals surface area contributed by atoms with Crippen LogP contribution in [0.25, 0.3) is 0 Å². The van der Waals surface area contributed by atoms with Crippen LogP contribution < -0.4 is 5.73 Å². The average Bonchev–Trinajstić information content (AvgIpc) is 1.85. The molecule has 0 saturated heterocycles. The van der Waals surface area contributed by atoms with E-state index in [1.54, 1.807) is 0 Å². The monoisotopic (exact) mass is 175 g/mol. The van der Waals surface area contributed by atoms with Crippen molar-refractivity contribution < 1.29 is 27.5 Å². The molecule has 0 bridgehead atoms. The second-order valence-electron chi connectivity index (χ2n) is 1.79. The van der Waals surface area contributed by atoms with Gasteiger partial charge in [-0.2, -0.15) is 8.78 Å². The van der Waals surface area contributed by atoms with Crippen LogP contribution in [-0.2, 0) is 4.79 Å². The van der Waals surface area contributed by atoms with E-state index < -0.39 is 24.4 Å². The van der Waals surface area contributed by atoms with Gasteiger partial charge in [0, 0.05) is 0 Å². The van der Waals surface area contributed by atoms with Crippen LogP contribution in [0.4, 0.5) is 17.6 Å². The minimum absolute atomic E-state index is 2.65. The van der Waals surface area contributed by atoms with Crippen LogP contribution in [0.2, 0.25) is 0 Å². The zero-order valence-electron chi connectivity index (χ0n) is 5.10. The topological polar surface area (TPSA) is 63.3 Å². The lowest BCUT2D eigenvalue weighted by Gasteiger charge is -2.17. The van der Waals surface area contributed by atoms with Crippen LogP contribution >= 0.6 is 0 Å². The van der Waals surface area contributed by atoms with Gasteiger partial charge in [-0.15, -0.1) is 0 Å². The first-order valence-corrected chi connectivity index (χ1v) is 2.45. The van der Waals surface area contributed by atoms with Crippen LogP contribution in [0.5, 0.6) is 0 Å². The average molecular weight is 175 g/mol. The number of halogens is 4. The smallest absolute Gasteiger partial charge is 0.376 e. The minimum atomic E-state index is -4.58. The lowest BCUT2D eigenvalue weighted by Crippen LogP contribution is -2.51. The molecule has 3 nitrogen and oxygen atoms in total. The zero-order chi connectivity index (χ0) is 9.23. The van der Waals surface area contributed by atoms with Gasteiger partial charge in [0.05, 0.1) is 0 Å². The fourth-order valence-corrected chi connectivity index (χ4v) is 0.301. The Morgan fingerprint density at radius 2 is 1.82 bits per heavy atom. The second-order valence-corrected chi connectivity index (χ2v) is 1.79. The highest BCUT2D eigenvalue weighted by Gasteiger charge is 2.50. The van der Waals surface area contributed by atoms with Gasteiger partial charge in [-0.25, -0.2) is 13.6 Å². The van der Waals surface area contributed by atoms with Crippen molar-refractivity contribution in [2.24, 2.45) is 5.73 Å². The number of rotatable bonds is 3. The highest BCUT2D eigenvalue weighted by atomic mass is 19.3. The van der Waals surface area contributed by atoms with Crippen LogP contribution in [-0.4, -0.2) is 29.5 Å². The molecule has 0 radical (unpaired) electrons. The molecule has 0 aromatic heterocycles. The largest absolute Gasteiger partial charge is 0.477 e. The standard InChI is InChI=1S/C4H5F4NO2/c5-2(6)1(9)4(7,8)3(10)11/h1-2H,9H2,(H,10,11). The van der Waals surface area contributed by atoms with Gasteiger partial charge in [0.2, 0.25) is 0 Å². The third-order valence-electron chi connectivity index (χ3n) is 0.975. The van der Waals surface area contributed by atoms with E-state index in [0.717, 1.165) is 0 Å². The SMILES string of the molecule is NC(C(F)F)C(F)(F)C(=O)O. The molecule has 11 heavy (non-hydrogen) atoms. The Kier molecular flexibility index (Phi) is 2.80. The fraction of sp³-hybridized carbons (Fsp3) is 0.750. The number of nitrogens with two attached hydrogens (primary N) is 1. The van der Waals surface area contributed by atoms with Gasteiger partial charge >= 0.3 is 11.9 Å². The predicted octanol–water partition coefficient (Wildman–Crippen LogP) is 0.299. The van der Waals surface area contributed by atoms with Gasteiger partial charge in [0.25, 0.3) is 6.43 Å². The molecule has 0 spiro atoms. The van der Waals surface area contributed by atoms with E-state index in [2.05, 4.69) is 5.73 Å². The highest BCUT2D eigenvalue weighted by Crippen LogP contribution is 2.21. The third kappa shape index (κ3) is 2.04. The summed E-state index contributed by atoms with van der Waals surface area (Å²) in [5.74, 6) is -7.22. The molecule has 66 valence electrons. The number of hydrogen-bond acceptors (Lipinski definition) is 2. The summed E-state index contributed by atoms with van der Waals surface area (Å²) in [4.78, 5) is 9.60. The summed E-state index contributed by atoms with van der Waals surface area (Å²) in [6.07, 6.45) is -3.55. The molecule has 0 amide bonds. The Morgan fingerprint density at radius 3 is 1.91 bits per heavy atom. The molecule has 0 aliphatic heterocycles. The van der Waals surface area contributed by atoms with E-state index in [1.807, 2.05) is 0 Å². The fourth-order valence-electron chi connectivity index (χ4n) is 0.301. The first kappa shape index (κ1) is 10.2. The maximum Gasteiger partial charge on any atom is 0.376 e. The van der Waals surface area contributed by atoms with Crippen LogP contribution in [0.15, 0.2) is 0 Å². The van der Waals surface area contributed by atoms with E-state index in [-0.39, 0.29) is 0 Å². The Balaban J connectivity index is 4.42. The molecule has 7 heteroatoms. The first-order chi connectivity index (χ1) is 4.80. The van der Waals surface area contributed by atoms with Crippen molar-refractivity contribution in [2.75, 3.05) is 0 Å². The minimum Gasteiger partial charge on any atom is -0.477 e. The number of hydrogen-bond donors (Lipinski definition) is 2. The number of carboxylic acids is 1. The quantitative estimate of drug-likeness (QED) is 0.606. The Bertz CT molecular complexity index is 160. The Hall–Kier alpha value is -0.850. The summed E-state index contributed by atoms with van der Waals surface area (Å²) < 4.78 is 46.8. The molecule has 0 saturated carbocycles. The van der Waals surface area contributed by atoms with Crippen molar-refractivity contribution in [3.05, 3.63) is 0 Å². The van der Waals surface area contributed by atoms with Crippen molar-refractivity contribution in [3.8, 4) is 0 Å². The van der Waals surface area contributed by atoms with Gasteiger partial charge in [-0.05, 0) is 0 Å². The van der Waals surface area contributed by atoms with E-state index in [0.29, 0.717) is 0 Å². The van der Waals surface area contributed by atoms with Crippen molar-refractivity contribution in [1.82, 2.24) is 0 Å². The summed E-state index contributed by atoms with van der Waals surface area (Å²) in [6.45, 7) is 0. The molecular weight excluding hydrogens is 170 g/mol. The molecule has 0 aromatic rings. The molecule has 0 rings (SSSR count). The lowest BCUT2D eigenvalue weighted by molar-refractivity contribution is -0.173. The summed E-state index contributed by atoms with van der Waals surface area (Å²) in [5, 5.41) is 7.70. The van der Waals surface area contributed by atoms with Gasteiger partial charge in [0.15, 0.2) is 0 Å². The van der Waals surface area contributed by atoms with E-state index in [1.165, 1.54) is 0 Å². The molecule has 1 unspecified atom stereocenters. The normalized spacial score (nSPS) is 15.1. The summed E-state index contributed by atoms with van der Waals surface area (Å²) in [5.41, 5.74) is 4.21. The van der Waals surface area contributed by atoms with Gasteiger partial charge in [-0.1, -0.05) is 0 Å². The lowest BCUT2D eigenvalue weighted by atomic mass is 10.2. The summed E-state index contributed by atoms with van der Waals surface area (Å²) in [7, 11) is 0. The molecule has 0 fully saturated rings. The van der Waals surface area contributed by atoms with Crippen molar-refractivity contribution in [2.45, 2.75) is 18.4 Å². The first-order valence-electron chi connectivity index (χ1n) is 2.45. The maximum atomic E-state index is 12.0. The molecule has 0 aliphatic rings. The van der Waals surface area contributed by atoms with E-state index >= 15 is 0 Å². The van der Waals surface area contributed by atoms with Crippen LogP contribution in [0.3, 0.4) is 0 Å². The van der Waals surface area contributed by atoms with Crippen molar-refractivity contribution in [3.63, 3.8) is 0 Å². The summed E-state index contributed by atoms with van der Waals surface area (Å²) >= 11 is 0. The Morgan fingerprint density at radius 1 is 1.45 bits per heavy atom. The van der Waals surface area contributed by atoms with Crippen molar-refractivity contribution >= 4 is 5.97 Å². The van der Waals surface area contributed by atoms with Crippen LogP contribution in [0, 0.1) is 0 Å². The number of alkyl halides is 4. The third-order valence-corrected chi connectivity index (χ3v) is 0.975. The van der Waals surface area contributed by atoms with Gasteiger partial charge in [0.1, 0.15) is 6.04 Å². The molecular formula is C4H5F4NO2. The zero-order valence-corrected chi connectivity index (χ0v) is 5.10. The predicted molar refractivity (Wildman–Crippen MR) is 26.6 cm³/mol. The van der Waals surface area contributed by atoms with E-state index in [9.17, 15) is 22.4 Å². The summed E-state index contributed by atoms with van der Waals surface area (Å²) in [6, 6.07) is -2.96. The number of carboxylic acid groups (broad SMARTS) is 1. The van der Waals surface area contributed by atoms with Gasteiger partial charge < -0.3 is 10.8 Å². The number of carbonyl (C=O) groups is 1.